The maximum Gasteiger partial charge on any atom is 0.242 e. The normalized spacial score (nSPS) is 13.7. The summed E-state index contributed by atoms with van der Waals surface area (Å²) < 4.78 is 0. The van der Waals surface area contributed by atoms with E-state index in [0.717, 1.165) is 0 Å². The Balaban J connectivity index is 2.50. The molecule has 1 unspecified atom stereocenters. The Labute approximate surface area is 116 Å². The molecule has 0 saturated carbocycles. The van der Waals surface area contributed by atoms with E-state index in [-0.39, 0.29) is 5.78 Å². The van der Waals surface area contributed by atoms with Crippen molar-refractivity contribution in [3.63, 3.8) is 0 Å². The average molecular weight is 272 g/mol. The first-order valence-corrected chi connectivity index (χ1v) is 6.01. The molecule has 0 spiro atoms. The molecule has 104 valence electrons. The summed E-state index contributed by atoms with van der Waals surface area (Å²) in [6.45, 7) is 0. The number of ketones is 1. The Morgan fingerprint density at radius 3 is 2.00 bits per heavy atom. The van der Waals surface area contributed by atoms with E-state index in [2.05, 4.69) is 5.43 Å². The monoisotopic (exact) mass is 272 g/mol. The van der Waals surface area contributed by atoms with Gasteiger partial charge in [0.15, 0.2) is 0 Å². The van der Waals surface area contributed by atoms with Crippen LogP contribution in [0.25, 0.3) is 0 Å². The van der Waals surface area contributed by atoms with E-state index < -0.39 is 5.72 Å². The van der Waals surface area contributed by atoms with Crippen LogP contribution in [0.5, 0.6) is 0 Å². The number of nitrogens with one attached hydrogen (secondary N) is 2. The van der Waals surface area contributed by atoms with Crippen LogP contribution in [0.4, 0.5) is 0 Å². The van der Waals surface area contributed by atoms with E-state index in [9.17, 15) is 4.79 Å². The second-order valence-corrected chi connectivity index (χ2v) is 4.11. The number of hydrazine groups is 2. The van der Waals surface area contributed by atoms with Crippen LogP contribution >= 0.6 is 0 Å². The second-order valence-electron chi connectivity index (χ2n) is 4.11. The molecule has 0 radical (unpaired) electrons. The van der Waals surface area contributed by atoms with Crippen molar-refractivity contribution in [3.05, 3.63) is 71.8 Å². The van der Waals surface area contributed by atoms with Crippen LogP contribution in [-0.2, 0) is 10.6 Å². The highest BCUT2D eigenvalue weighted by molar-refractivity contribution is 6.02. The topological polar surface area (TPSA) is 102 Å². The van der Waals surface area contributed by atoms with Crippen LogP contribution in [0.2, 0.25) is 0 Å². The van der Waals surface area contributed by atoms with Crippen molar-refractivity contribution < 1.29 is 9.63 Å². The number of Topliss-reactive ketones (excluding diaryl/α,β-unsaturated/α-hetero) is 1. The number of carbonyl (C=O) groups excluding carboxylic acids is 1. The highest BCUT2D eigenvalue weighted by Gasteiger charge is 2.41. The fraction of sp³-hybridized carbons (Fsp3) is 0.0714. The van der Waals surface area contributed by atoms with Gasteiger partial charge in [-0.2, -0.15) is 0 Å². The Bertz CT molecular complexity index is 562. The highest BCUT2D eigenvalue weighted by atomic mass is 16.7. The van der Waals surface area contributed by atoms with Crippen molar-refractivity contribution in [1.29, 1.82) is 0 Å². The van der Waals surface area contributed by atoms with Crippen molar-refractivity contribution in [2.45, 2.75) is 5.72 Å². The number of hydrogen-bond acceptors (Lipinski definition) is 6. The lowest BCUT2D eigenvalue weighted by Crippen LogP contribution is -2.57. The van der Waals surface area contributed by atoms with Crippen LogP contribution in [0.1, 0.15) is 15.9 Å². The molecule has 0 aliphatic rings. The van der Waals surface area contributed by atoms with Crippen LogP contribution in [0, 0.1) is 0 Å². The minimum absolute atomic E-state index is 0.357. The first-order chi connectivity index (χ1) is 9.74. The van der Waals surface area contributed by atoms with Gasteiger partial charge in [-0.05, 0) is 0 Å². The summed E-state index contributed by atoms with van der Waals surface area (Å²) in [5.74, 6) is 10.4. The van der Waals surface area contributed by atoms with E-state index in [4.69, 9.17) is 16.5 Å². The zero-order valence-electron chi connectivity index (χ0n) is 10.7. The highest BCUT2D eigenvalue weighted by Crippen LogP contribution is 2.25. The number of rotatable bonds is 6. The van der Waals surface area contributed by atoms with Gasteiger partial charge < -0.3 is 0 Å². The van der Waals surface area contributed by atoms with E-state index in [1.807, 2.05) is 17.7 Å². The molecule has 0 amide bonds. The SMILES string of the molecule is NNOC(NN)(C(=O)c1ccccc1)c1ccccc1. The van der Waals surface area contributed by atoms with E-state index in [0.29, 0.717) is 11.1 Å². The first-order valence-electron chi connectivity index (χ1n) is 6.01. The lowest BCUT2D eigenvalue weighted by Gasteiger charge is -2.30. The molecule has 6 N–H and O–H groups in total. The largest absolute Gasteiger partial charge is 0.289 e. The molecule has 0 bridgehead atoms. The van der Waals surface area contributed by atoms with Gasteiger partial charge in [-0.3, -0.25) is 15.5 Å². The summed E-state index contributed by atoms with van der Waals surface area (Å²) in [6.07, 6.45) is 0. The molecule has 2 rings (SSSR count). The van der Waals surface area contributed by atoms with Gasteiger partial charge in [0, 0.05) is 11.1 Å². The number of carbonyl (C=O) groups is 1. The van der Waals surface area contributed by atoms with Crippen molar-refractivity contribution in [2.75, 3.05) is 0 Å². The predicted octanol–water partition coefficient (Wildman–Crippen LogP) is 0.581. The van der Waals surface area contributed by atoms with Crippen molar-refractivity contribution >= 4 is 5.78 Å². The Kier molecular flexibility index (Phi) is 4.57. The van der Waals surface area contributed by atoms with Gasteiger partial charge in [-0.1, -0.05) is 60.7 Å². The van der Waals surface area contributed by atoms with Gasteiger partial charge in [0.25, 0.3) is 0 Å². The lowest BCUT2D eigenvalue weighted by atomic mass is 9.94. The van der Waals surface area contributed by atoms with Crippen LogP contribution in [0.15, 0.2) is 60.7 Å². The Morgan fingerprint density at radius 2 is 1.50 bits per heavy atom. The minimum Gasteiger partial charge on any atom is -0.289 e. The van der Waals surface area contributed by atoms with Crippen LogP contribution < -0.4 is 22.7 Å². The molecule has 6 heteroatoms. The summed E-state index contributed by atoms with van der Waals surface area (Å²) in [6, 6.07) is 17.5. The number of benzene rings is 2. The smallest absolute Gasteiger partial charge is 0.242 e. The minimum atomic E-state index is -1.60. The van der Waals surface area contributed by atoms with Gasteiger partial charge in [0.2, 0.25) is 11.5 Å². The second kappa shape index (κ2) is 6.38. The Hall–Kier alpha value is -2.09. The van der Waals surface area contributed by atoms with Gasteiger partial charge in [-0.25, -0.2) is 11.3 Å². The van der Waals surface area contributed by atoms with Crippen LogP contribution in [0.3, 0.4) is 0 Å². The summed E-state index contributed by atoms with van der Waals surface area (Å²) in [5, 5.41) is 0. The molecule has 20 heavy (non-hydrogen) atoms. The van der Waals surface area contributed by atoms with Gasteiger partial charge in [0.05, 0.1) is 0 Å². The third kappa shape index (κ3) is 2.60. The van der Waals surface area contributed by atoms with Gasteiger partial charge >= 0.3 is 0 Å². The maximum atomic E-state index is 12.7. The molecule has 1 atom stereocenters. The summed E-state index contributed by atoms with van der Waals surface area (Å²) in [4.78, 5) is 17.9. The van der Waals surface area contributed by atoms with Gasteiger partial charge in [-0.15, -0.1) is 5.59 Å². The van der Waals surface area contributed by atoms with E-state index >= 15 is 0 Å². The molecule has 0 aliphatic carbocycles. The molecule has 2 aromatic carbocycles. The molecule has 0 aliphatic heterocycles. The maximum absolute atomic E-state index is 12.7. The summed E-state index contributed by atoms with van der Waals surface area (Å²) >= 11 is 0. The Morgan fingerprint density at radius 1 is 0.950 bits per heavy atom. The molecule has 0 saturated heterocycles. The molecule has 0 fully saturated rings. The molecular formula is C14H16N4O2. The molecule has 0 heterocycles. The fourth-order valence-electron chi connectivity index (χ4n) is 1.97. The zero-order chi connectivity index (χ0) is 14.4. The molecule has 2 aromatic rings. The number of nitrogens with two attached hydrogens (primary N) is 2. The third-order valence-corrected chi connectivity index (χ3v) is 2.95. The van der Waals surface area contributed by atoms with Crippen molar-refractivity contribution in [3.8, 4) is 0 Å². The van der Waals surface area contributed by atoms with Gasteiger partial charge in [0.1, 0.15) is 0 Å². The molecular weight excluding hydrogens is 256 g/mol. The lowest BCUT2D eigenvalue weighted by molar-refractivity contribution is -0.107. The fourth-order valence-corrected chi connectivity index (χ4v) is 1.97. The standard InChI is InChI=1S/C14H16N4O2/c15-17-14(20-18-16,12-9-5-2-6-10-12)13(19)11-7-3-1-4-8-11/h1-10,17-18H,15-16H2. The summed E-state index contributed by atoms with van der Waals surface area (Å²) in [7, 11) is 0. The molecule has 6 nitrogen and oxygen atoms in total. The van der Waals surface area contributed by atoms with E-state index in [1.165, 1.54) is 0 Å². The predicted molar refractivity (Wildman–Crippen MR) is 74.6 cm³/mol. The van der Waals surface area contributed by atoms with Crippen molar-refractivity contribution in [1.82, 2.24) is 11.0 Å². The van der Waals surface area contributed by atoms with E-state index in [1.54, 1.807) is 48.5 Å². The average Bonchev–Trinajstić information content (AvgIpc) is 2.54. The summed E-state index contributed by atoms with van der Waals surface area (Å²) in [5.41, 5.74) is 3.85. The number of hydrogen-bond donors (Lipinski definition) is 4. The first kappa shape index (κ1) is 14.3. The quantitative estimate of drug-likeness (QED) is 0.265. The zero-order valence-corrected chi connectivity index (χ0v) is 10.7. The van der Waals surface area contributed by atoms with Crippen molar-refractivity contribution in [2.24, 2.45) is 11.7 Å². The molecule has 0 aromatic heterocycles. The third-order valence-electron chi connectivity index (χ3n) is 2.95. The van der Waals surface area contributed by atoms with Crippen LogP contribution in [-0.4, -0.2) is 5.78 Å².